The second-order valence-electron chi connectivity index (χ2n) is 5.02. The number of carbonyl (C=O) groups excluding carboxylic acids is 1. The third kappa shape index (κ3) is 2.91. The number of nitrogens with one attached hydrogen (secondary N) is 1. The van der Waals surface area contributed by atoms with E-state index in [0.717, 1.165) is 22.3 Å². The van der Waals surface area contributed by atoms with Gasteiger partial charge in [0, 0.05) is 11.1 Å². The second-order valence-corrected chi connectivity index (χ2v) is 5.02. The van der Waals surface area contributed by atoms with E-state index in [-0.39, 0.29) is 12.5 Å². The fraction of sp³-hybridized carbons (Fsp3) is 0.188. The fourth-order valence-electron chi connectivity index (χ4n) is 2.29. The number of benzene rings is 1. The van der Waals surface area contributed by atoms with Crippen molar-refractivity contribution in [2.45, 2.75) is 20.4 Å². The lowest BCUT2D eigenvalue weighted by Gasteiger charge is -2.07. The molecule has 2 aromatic heterocycles. The zero-order valence-corrected chi connectivity index (χ0v) is 12.0. The molecule has 0 saturated heterocycles. The molecule has 5 nitrogen and oxygen atoms in total. The third-order valence-corrected chi connectivity index (χ3v) is 3.26. The van der Waals surface area contributed by atoms with Crippen LogP contribution in [0.5, 0.6) is 0 Å². The number of para-hydroxylation sites is 1. The third-order valence-electron chi connectivity index (χ3n) is 3.26. The Hall–Kier alpha value is -2.69. The van der Waals surface area contributed by atoms with Gasteiger partial charge in [-0.3, -0.25) is 9.48 Å². The quantitative estimate of drug-likeness (QED) is 0.802. The van der Waals surface area contributed by atoms with E-state index >= 15 is 0 Å². The molecule has 0 aliphatic carbocycles. The van der Waals surface area contributed by atoms with Crippen molar-refractivity contribution in [1.82, 2.24) is 14.8 Å². The van der Waals surface area contributed by atoms with Crippen molar-refractivity contribution in [3.8, 4) is 0 Å². The SMILES string of the molecule is Cc1cc(C)n(CC(=O)Nc2ccc3ccccc3n2)n1. The molecule has 0 saturated carbocycles. The number of hydrogen-bond donors (Lipinski definition) is 1. The summed E-state index contributed by atoms with van der Waals surface area (Å²) < 4.78 is 1.69. The Morgan fingerprint density at radius 1 is 1.19 bits per heavy atom. The van der Waals surface area contributed by atoms with E-state index in [4.69, 9.17) is 0 Å². The van der Waals surface area contributed by atoms with Crippen LogP contribution in [-0.4, -0.2) is 20.7 Å². The molecule has 0 unspecified atom stereocenters. The zero-order chi connectivity index (χ0) is 14.8. The first-order valence-corrected chi connectivity index (χ1v) is 6.78. The summed E-state index contributed by atoms with van der Waals surface area (Å²) in [6.07, 6.45) is 0. The first-order valence-electron chi connectivity index (χ1n) is 6.78. The minimum atomic E-state index is -0.135. The number of fused-ring (bicyclic) bond motifs is 1. The van der Waals surface area contributed by atoms with Gasteiger partial charge in [-0.2, -0.15) is 5.10 Å². The average molecular weight is 280 g/mol. The van der Waals surface area contributed by atoms with Gasteiger partial charge in [0.1, 0.15) is 12.4 Å². The molecule has 0 aliphatic heterocycles. The number of pyridine rings is 1. The maximum atomic E-state index is 12.1. The molecule has 3 aromatic rings. The molecular formula is C16H16N4O. The Balaban J connectivity index is 1.75. The predicted molar refractivity (Wildman–Crippen MR) is 82.1 cm³/mol. The van der Waals surface area contributed by atoms with Crippen LogP contribution in [0, 0.1) is 13.8 Å². The minimum absolute atomic E-state index is 0.135. The van der Waals surface area contributed by atoms with E-state index in [1.54, 1.807) is 10.7 Å². The van der Waals surface area contributed by atoms with Crippen molar-refractivity contribution < 1.29 is 4.79 Å². The van der Waals surface area contributed by atoms with Crippen LogP contribution >= 0.6 is 0 Å². The van der Waals surface area contributed by atoms with Gasteiger partial charge in [0.15, 0.2) is 0 Å². The van der Waals surface area contributed by atoms with Crippen molar-refractivity contribution in [3.63, 3.8) is 0 Å². The number of amides is 1. The van der Waals surface area contributed by atoms with Crippen LogP contribution < -0.4 is 5.32 Å². The minimum Gasteiger partial charge on any atom is -0.309 e. The fourth-order valence-corrected chi connectivity index (χ4v) is 2.29. The molecule has 106 valence electrons. The van der Waals surface area contributed by atoms with Gasteiger partial charge < -0.3 is 5.32 Å². The lowest BCUT2D eigenvalue weighted by molar-refractivity contribution is -0.117. The van der Waals surface area contributed by atoms with Gasteiger partial charge in [-0.05, 0) is 38.1 Å². The zero-order valence-electron chi connectivity index (χ0n) is 12.0. The van der Waals surface area contributed by atoms with Gasteiger partial charge in [0.05, 0.1) is 11.2 Å². The van der Waals surface area contributed by atoms with Crippen molar-refractivity contribution in [1.29, 1.82) is 0 Å². The lowest BCUT2D eigenvalue weighted by Crippen LogP contribution is -2.20. The highest BCUT2D eigenvalue weighted by Crippen LogP contribution is 2.14. The highest BCUT2D eigenvalue weighted by molar-refractivity contribution is 5.91. The normalized spacial score (nSPS) is 10.8. The number of aryl methyl sites for hydroxylation is 2. The number of aromatic nitrogens is 3. The topological polar surface area (TPSA) is 59.8 Å². The predicted octanol–water partition coefficient (Wildman–Crippen LogP) is 2.69. The Morgan fingerprint density at radius 2 is 2.00 bits per heavy atom. The van der Waals surface area contributed by atoms with Gasteiger partial charge in [-0.15, -0.1) is 0 Å². The Bertz CT molecular complexity index is 807. The maximum absolute atomic E-state index is 12.1. The molecule has 0 radical (unpaired) electrons. The maximum Gasteiger partial charge on any atom is 0.247 e. The molecule has 3 rings (SSSR count). The van der Waals surface area contributed by atoms with E-state index in [1.807, 2.05) is 50.2 Å². The summed E-state index contributed by atoms with van der Waals surface area (Å²) in [6.45, 7) is 4.03. The number of rotatable bonds is 3. The van der Waals surface area contributed by atoms with Gasteiger partial charge in [0.2, 0.25) is 5.91 Å². The van der Waals surface area contributed by atoms with E-state index in [9.17, 15) is 4.79 Å². The molecule has 0 spiro atoms. The molecular weight excluding hydrogens is 264 g/mol. The van der Waals surface area contributed by atoms with Crippen LogP contribution in [0.25, 0.3) is 10.9 Å². The van der Waals surface area contributed by atoms with Crippen molar-refractivity contribution in [2.75, 3.05) is 5.32 Å². The summed E-state index contributed by atoms with van der Waals surface area (Å²) in [4.78, 5) is 16.5. The first-order chi connectivity index (χ1) is 10.1. The molecule has 0 fully saturated rings. The van der Waals surface area contributed by atoms with E-state index in [0.29, 0.717) is 5.82 Å². The monoisotopic (exact) mass is 280 g/mol. The molecule has 5 heteroatoms. The summed E-state index contributed by atoms with van der Waals surface area (Å²) >= 11 is 0. The number of nitrogens with zero attached hydrogens (tertiary/aromatic N) is 3. The molecule has 2 heterocycles. The van der Waals surface area contributed by atoms with Crippen LogP contribution in [0.4, 0.5) is 5.82 Å². The van der Waals surface area contributed by atoms with Crippen LogP contribution in [0.15, 0.2) is 42.5 Å². The largest absolute Gasteiger partial charge is 0.309 e. The molecule has 0 atom stereocenters. The van der Waals surface area contributed by atoms with Gasteiger partial charge in [-0.25, -0.2) is 4.98 Å². The van der Waals surface area contributed by atoms with Crippen LogP contribution in [-0.2, 0) is 11.3 Å². The highest BCUT2D eigenvalue weighted by atomic mass is 16.2. The summed E-state index contributed by atoms with van der Waals surface area (Å²) in [5.41, 5.74) is 2.74. The Kier molecular flexibility index (Phi) is 3.39. The van der Waals surface area contributed by atoms with Gasteiger partial charge in [0.25, 0.3) is 0 Å². The molecule has 21 heavy (non-hydrogen) atoms. The van der Waals surface area contributed by atoms with Crippen LogP contribution in [0.3, 0.4) is 0 Å². The molecule has 1 aromatic carbocycles. The summed E-state index contributed by atoms with van der Waals surface area (Å²) in [6, 6.07) is 13.5. The average Bonchev–Trinajstić information content (AvgIpc) is 2.76. The van der Waals surface area contributed by atoms with Crippen LogP contribution in [0.2, 0.25) is 0 Å². The number of carbonyl (C=O) groups is 1. The lowest BCUT2D eigenvalue weighted by atomic mass is 10.2. The number of anilines is 1. The van der Waals surface area contributed by atoms with E-state index in [2.05, 4.69) is 15.4 Å². The summed E-state index contributed by atoms with van der Waals surface area (Å²) in [5.74, 6) is 0.421. The summed E-state index contributed by atoms with van der Waals surface area (Å²) in [5, 5.41) is 8.14. The van der Waals surface area contributed by atoms with Crippen LogP contribution in [0.1, 0.15) is 11.4 Å². The molecule has 1 N–H and O–H groups in total. The van der Waals surface area contributed by atoms with Crippen molar-refractivity contribution in [3.05, 3.63) is 53.9 Å². The van der Waals surface area contributed by atoms with E-state index in [1.165, 1.54) is 0 Å². The first kappa shape index (κ1) is 13.3. The van der Waals surface area contributed by atoms with E-state index < -0.39 is 0 Å². The Labute approximate surface area is 122 Å². The van der Waals surface area contributed by atoms with Gasteiger partial charge >= 0.3 is 0 Å². The molecule has 0 aliphatic rings. The molecule has 1 amide bonds. The summed E-state index contributed by atoms with van der Waals surface area (Å²) in [7, 11) is 0. The van der Waals surface area contributed by atoms with Crippen molar-refractivity contribution >= 4 is 22.6 Å². The Morgan fingerprint density at radius 3 is 2.76 bits per heavy atom. The smallest absolute Gasteiger partial charge is 0.247 e. The molecule has 0 bridgehead atoms. The van der Waals surface area contributed by atoms with Crippen molar-refractivity contribution in [2.24, 2.45) is 0 Å². The van der Waals surface area contributed by atoms with Gasteiger partial charge in [-0.1, -0.05) is 18.2 Å². The number of hydrogen-bond acceptors (Lipinski definition) is 3. The highest BCUT2D eigenvalue weighted by Gasteiger charge is 2.08. The standard InChI is InChI=1S/C16H16N4O/c1-11-9-12(2)20(19-11)10-16(21)18-15-8-7-13-5-3-4-6-14(13)17-15/h3-9H,10H2,1-2H3,(H,17,18,21). The second kappa shape index (κ2) is 5.36.